The van der Waals surface area contributed by atoms with Crippen molar-refractivity contribution in [2.75, 3.05) is 7.05 Å². The van der Waals surface area contributed by atoms with Gasteiger partial charge in [-0.1, -0.05) is 5.10 Å². The van der Waals surface area contributed by atoms with Crippen molar-refractivity contribution >= 4 is 12.0 Å². The predicted molar refractivity (Wildman–Crippen MR) is 48.7 cm³/mol. The Morgan fingerprint density at radius 1 is 1.50 bits per heavy atom. The maximum atomic E-state index is 4.27. The summed E-state index contributed by atoms with van der Waals surface area (Å²) in [5.41, 5.74) is 1.06. The van der Waals surface area contributed by atoms with Crippen LogP contribution in [0.3, 0.4) is 0 Å². The minimum absolute atomic E-state index is 0.407. The average Bonchev–Trinajstić information content (AvgIpc) is 2.59. The first-order chi connectivity index (χ1) is 5.71. The number of nitrogens with zero attached hydrogens (tertiary/aromatic N) is 3. The Balaban J connectivity index is 2.42. The van der Waals surface area contributed by atoms with Crippen molar-refractivity contribution in [3.05, 3.63) is 24.0 Å². The van der Waals surface area contributed by atoms with Crippen molar-refractivity contribution in [3.63, 3.8) is 0 Å². The molecule has 1 N–H and O–H groups in total. The van der Waals surface area contributed by atoms with Gasteiger partial charge in [0.15, 0.2) is 0 Å². The zero-order chi connectivity index (χ0) is 8.60. The molecular weight excluding hydrogens is 152 g/mol. The van der Waals surface area contributed by atoms with E-state index in [1.807, 2.05) is 32.3 Å². The van der Waals surface area contributed by atoms with Crippen molar-refractivity contribution in [1.82, 2.24) is 14.8 Å². The van der Waals surface area contributed by atoms with E-state index in [9.17, 15) is 0 Å². The lowest BCUT2D eigenvalue weighted by Gasteiger charge is -2.15. The van der Waals surface area contributed by atoms with E-state index in [-0.39, 0.29) is 0 Å². The summed E-state index contributed by atoms with van der Waals surface area (Å²) in [5.74, 6) is 0.914. The number of aryl methyl sites for hydroxylation is 1. The highest BCUT2D eigenvalue weighted by Crippen LogP contribution is 2.21. The largest absolute Gasteiger partial charge is 0.277 e. The van der Waals surface area contributed by atoms with E-state index in [1.54, 1.807) is 6.21 Å². The molecule has 0 saturated carbocycles. The molecule has 1 atom stereocenters. The molecule has 4 nitrogen and oxygen atoms in total. The first-order valence-electron chi connectivity index (χ1n) is 3.83. The topological polar surface area (TPSA) is 41.0 Å². The number of nitrogens with one attached hydrogen (secondary N) is 1. The molecule has 12 heavy (non-hydrogen) atoms. The normalized spacial score (nSPS) is 26.8. The molecule has 0 radical (unpaired) electrons. The highest BCUT2D eigenvalue weighted by molar-refractivity contribution is 5.75. The smallest absolute Gasteiger partial charge is 0.277 e. The standard InChI is InChI=1S/C8H11N4/c1-7-6-8(11-10-7)12(2)5-3-4-9-12/h3-6H,1-2H3,(H,10,11)/q+1. The van der Waals surface area contributed by atoms with E-state index in [4.69, 9.17) is 0 Å². The number of hydrogen-bond acceptors (Lipinski definition) is 2. The summed E-state index contributed by atoms with van der Waals surface area (Å²) in [6.07, 6.45) is 5.68. The van der Waals surface area contributed by atoms with E-state index < -0.39 is 0 Å². The molecule has 1 aliphatic heterocycles. The number of quaternary nitrogens is 1. The monoisotopic (exact) mass is 163 g/mol. The fourth-order valence-corrected chi connectivity index (χ4v) is 1.19. The van der Waals surface area contributed by atoms with Crippen LogP contribution in [0.1, 0.15) is 5.69 Å². The van der Waals surface area contributed by atoms with Gasteiger partial charge in [-0.15, -0.1) is 9.69 Å². The SMILES string of the molecule is Cc1cc([N+]2(C)C=CC=N2)n[nH]1. The number of aromatic nitrogens is 2. The van der Waals surface area contributed by atoms with Gasteiger partial charge in [-0.05, 0) is 6.92 Å². The third-order valence-corrected chi connectivity index (χ3v) is 1.93. The van der Waals surface area contributed by atoms with E-state index in [0.29, 0.717) is 4.59 Å². The summed E-state index contributed by atoms with van der Waals surface area (Å²) in [4.78, 5) is 0. The molecule has 0 amide bonds. The van der Waals surface area contributed by atoms with Crippen molar-refractivity contribution in [2.45, 2.75) is 6.92 Å². The van der Waals surface area contributed by atoms with Crippen LogP contribution in [0.4, 0.5) is 5.82 Å². The zero-order valence-electron chi connectivity index (χ0n) is 7.15. The lowest BCUT2D eigenvalue weighted by atomic mass is 10.4. The van der Waals surface area contributed by atoms with Crippen molar-refractivity contribution in [3.8, 4) is 0 Å². The first kappa shape index (κ1) is 7.24. The maximum absolute atomic E-state index is 4.27. The predicted octanol–water partition coefficient (Wildman–Crippen LogP) is 1.17. The van der Waals surface area contributed by atoms with Crippen LogP contribution in [0, 0.1) is 6.92 Å². The molecule has 4 heteroatoms. The Labute approximate surface area is 70.8 Å². The third kappa shape index (κ3) is 0.967. The first-order valence-corrected chi connectivity index (χ1v) is 3.83. The summed E-state index contributed by atoms with van der Waals surface area (Å²) >= 11 is 0. The summed E-state index contributed by atoms with van der Waals surface area (Å²) in [6.45, 7) is 1.98. The third-order valence-electron chi connectivity index (χ3n) is 1.93. The van der Waals surface area contributed by atoms with Crippen molar-refractivity contribution in [2.24, 2.45) is 5.10 Å². The van der Waals surface area contributed by atoms with Crippen LogP contribution in [0.15, 0.2) is 23.4 Å². The van der Waals surface area contributed by atoms with E-state index in [0.717, 1.165) is 11.5 Å². The summed E-state index contributed by atoms with van der Waals surface area (Å²) in [6, 6.07) is 1.99. The number of rotatable bonds is 1. The molecule has 1 aromatic rings. The Hall–Kier alpha value is -1.42. The minimum atomic E-state index is 0.407. The number of allylic oxidation sites excluding steroid dienone is 1. The lowest BCUT2D eigenvalue weighted by Crippen LogP contribution is -2.30. The molecule has 0 fully saturated rings. The van der Waals surface area contributed by atoms with Gasteiger partial charge in [0.2, 0.25) is 0 Å². The molecule has 0 aromatic carbocycles. The Morgan fingerprint density at radius 2 is 2.33 bits per heavy atom. The van der Waals surface area contributed by atoms with Gasteiger partial charge in [-0.25, -0.2) is 0 Å². The average molecular weight is 163 g/mol. The van der Waals surface area contributed by atoms with Gasteiger partial charge in [-0.2, -0.15) is 0 Å². The van der Waals surface area contributed by atoms with E-state index >= 15 is 0 Å². The molecule has 1 aromatic heterocycles. The van der Waals surface area contributed by atoms with Gasteiger partial charge in [0.1, 0.15) is 13.2 Å². The molecule has 0 bridgehead atoms. The molecule has 62 valence electrons. The van der Waals surface area contributed by atoms with Crippen molar-refractivity contribution < 1.29 is 0 Å². The van der Waals surface area contributed by atoms with Crippen molar-refractivity contribution in [1.29, 1.82) is 0 Å². The van der Waals surface area contributed by atoms with Crippen LogP contribution in [0.2, 0.25) is 0 Å². The highest BCUT2D eigenvalue weighted by atomic mass is 15.6. The Morgan fingerprint density at radius 3 is 2.83 bits per heavy atom. The lowest BCUT2D eigenvalue weighted by molar-refractivity contribution is 0.471. The minimum Gasteiger partial charge on any atom is -0.277 e. The highest BCUT2D eigenvalue weighted by Gasteiger charge is 2.26. The summed E-state index contributed by atoms with van der Waals surface area (Å²) in [5, 5.41) is 11.3. The van der Waals surface area contributed by atoms with Crippen LogP contribution in [-0.2, 0) is 0 Å². The molecule has 2 rings (SSSR count). The zero-order valence-corrected chi connectivity index (χ0v) is 7.15. The quantitative estimate of drug-likeness (QED) is 0.620. The molecule has 1 unspecified atom stereocenters. The van der Waals surface area contributed by atoms with Crippen LogP contribution in [0.25, 0.3) is 0 Å². The molecular formula is C8H11N4+. The second-order valence-corrected chi connectivity index (χ2v) is 3.04. The van der Waals surface area contributed by atoms with Gasteiger partial charge in [0, 0.05) is 17.8 Å². The second-order valence-electron chi connectivity index (χ2n) is 3.04. The maximum Gasteiger partial charge on any atom is 0.277 e. The molecule has 0 saturated heterocycles. The fraction of sp³-hybridized carbons (Fsp3) is 0.250. The molecule has 1 aliphatic rings. The van der Waals surface area contributed by atoms with Gasteiger partial charge in [0.05, 0.1) is 6.21 Å². The van der Waals surface area contributed by atoms with E-state index in [2.05, 4.69) is 15.3 Å². The molecule has 2 heterocycles. The van der Waals surface area contributed by atoms with Crippen LogP contribution in [-0.4, -0.2) is 23.5 Å². The molecule has 0 spiro atoms. The van der Waals surface area contributed by atoms with Gasteiger partial charge in [-0.3, -0.25) is 5.10 Å². The Kier molecular flexibility index (Phi) is 1.38. The molecule has 0 aliphatic carbocycles. The van der Waals surface area contributed by atoms with Crippen LogP contribution in [0.5, 0.6) is 0 Å². The van der Waals surface area contributed by atoms with Gasteiger partial charge < -0.3 is 0 Å². The van der Waals surface area contributed by atoms with Crippen LogP contribution >= 0.6 is 0 Å². The van der Waals surface area contributed by atoms with Gasteiger partial charge >= 0.3 is 0 Å². The Bertz CT molecular complexity index is 336. The van der Waals surface area contributed by atoms with E-state index in [1.165, 1.54) is 0 Å². The number of hydrogen-bond donors (Lipinski definition) is 1. The number of H-pyrrole nitrogens is 1. The summed E-state index contributed by atoms with van der Waals surface area (Å²) < 4.78 is 0.407. The number of aromatic amines is 1. The second kappa shape index (κ2) is 2.28. The fourth-order valence-electron chi connectivity index (χ4n) is 1.19. The van der Waals surface area contributed by atoms with Crippen LogP contribution < -0.4 is 4.59 Å². The van der Waals surface area contributed by atoms with Gasteiger partial charge in [0.25, 0.3) is 5.82 Å². The summed E-state index contributed by atoms with van der Waals surface area (Å²) in [7, 11) is 1.98.